The molecule has 0 atom stereocenters. The van der Waals surface area contributed by atoms with Gasteiger partial charge in [0.05, 0.1) is 5.69 Å². The Morgan fingerprint density at radius 1 is 1.00 bits per heavy atom. The first-order valence-corrected chi connectivity index (χ1v) is 7.35. The van der Waals surface area contributed by atoms with Crippen LogP contribution in [0.2, 0.25) is 0 Å². The molecule has 0 bridgehead atoms. The zero-order valence-electron chi connectivity index (χ0n) is 10.3. The number of para-hydroxylation sites is 1. The van der Waals surface area contributed by atoms with Gasteiger partial charge in [0, 0.05) is 6.54 Å². The summed E-state index contributed by atoms with van der Waals surface area (Å²) in [5.74, 6) is 0. The summed E-state index contributed by atoms with van der Waals surface area (Å²) in [6.45, 7) is 2.76. The van der Waals surface area contributed by atoms with Crippen LogP contribution in [-0.4, -0.2) is 15.0 Å². The summed E-state index contributed by atoms with van der Waals surface area (Å²) >= 11 is 0. The van der Waals surface area contributed by atoms with Crippen molar-refractivity contribution in [3.8, 4) is 0 Å². The molecule has 0 saturated carbocycles. The molecule has 0 heterocycles. The van der Waals surface area contributed by atoms with Gasteiger partial charge in [-0.1, -0.05) is 50.8 Å². The largest absolute Gasteiger partial charge is 0.272 e. The van der Waals surface area contributed by atoms with Crippen LogP contribution in [0.3, 0.4) is 0 Å². The lowest BCUT2D eigenvalue weighted by Crippen LogP contribution is -2.22. The van der Waals surface area contributed by atoms with Crippen molar-refractivity contribution < 1.29 is 8.42 Å². The number of hydrogen-bond donors (Lipinski definition) is 1. The Morgan fingerprint density at radius 2 is 1.65 bits per heavy atom. The number of benzene rings is 1. The minimum atomic E-state index is -2.53. The van der Waals surface area contributed by atoms with Gasteiger partial charge in [-0.25, -0.2) is 8.42 Å². The Bertz CT molecular complexity index is 368. The highest BCUT2D eigenvalue weighted by Gasteiger charge is 2.06. The first-order valence-electron chi connectivity index (χ1n) is 6.22. The third-order valence-corrected chi connectivity index (χ3v) is 3.55. The van der Waals surface area contributed by atoms with E-state index in [1.54, 1.807) is 0 Å². The van der Waals surface area contributed by atoms with E-state index in [2.05, 4.69) is 6.92 Å². The number of nitrogens with zero attached hydrogens (tertiary/aromatic N) is 1. The fraction of sp³-hybridized carbons (Fsp3) is 0.538. The zero-order valence-corrected chi connectivity index (χ0v) is 11.2. The summed E-state index contributed by atoms with van der Waals surface area (Å²) in [5, 5.41) is 0. The number of rotatable bonds is 8. The van der Waals surface area contributed by atoms with Crippen LogP contribution in [0.25, 0.3) is 0 Å². The van der Waals surface area contributed by atoms with E-state index in [-0.39, 0.29) is 0 Å². The van der Waals surface area contributed by atoms with E-state index >= 15 is 0 Å². The van der Waals surface area contributed by atoms with Crippen LogP contribution in [0.15, 0.2) is 30.3 Å². The monoisotopic (exact) mass is 255 g/mol. The molecule has 1 aromatic rings. The molecule has 0 unspecified atom stereocenters. The van der Waals surface area contributed by atoms with Crippen molar-refractivity contribution in [2.75, 3.05) is 10.8 Å². The maximum Gasteiger partial charge on any atom is 0.225 e. The van der Waals surface area contributed by atoms with Crippen molar-refractivity contribution in [2.45, 2.75) is 39.0 Å². The molecule has 0 saturated heterocycles. The van der Waals surface area contributed by atoms with E-state index in [4.69, 9.17) is 0 Å². The van der Waals surface area contributed by atoms with Gasteiger partial charge in [0.25, 0.3) is 0 Å². The Balaban J connectivity index is 2.45. The average molecular weight is 255 g/mol. The molecule has 0 aliphatic rings. The van der Waals surface area contributed by atoms with Crippen LogP contribution >= 0.6 is 0 Å². The third-order valence-electron chi connectivity index (χ3n) is 2.72. The van der Waals surface area contributed by atoms with Crippen LogP contribution in [0.4, 0.5) is 5.69 Å². The molecule has 0 aliphatic carbocycles. The number of thiol groups is 1. The third kappa shape index (κ3) is 5.22. The summed E-state index contributed by atoms with van der Waals surface area (Å²) in [7, 11) is -2.53. The summed E-state index contributed by atoms with van der Waals surface area (Å²) in [5.41, 5.74) is 0.763. The Hall–Kier alpha value is -1.03. The first-order chi connectivity index (χ1) is 8.25. The highest BCUT2D eigenvalue weighted by molar-refractivity contribution is 7.74. The van der Waals surface area contributed by atoms with E-state index < -0.39 is 10.9 Å². The zero-order chi connectivity index (χ0) is 12.5. The van der Waals surface area contributed by atoms with Crippen molar-refractivity contribution >= 4 is 16.6 Å². The van der Waals surface area contributed by atoms with Crippen LogP contribution in [0, 0.1) is 0 Å². The van der Waals surface area contributed by atoms with E-state index in [1.165, 1.54) is 23.6 Å². The minimum absolute atomic E-state index is 0.590. The van der Waals surface area contributed by atoms with Crippen LogP contribution in [0.1, 0.15) is 39.0 Å². The highest BCUT2D eigenvalue weighted by atomic mass is 32.2. The maximum atomic E-state index is 11.2. The Kier molecular flexibility index (Phi) is 6.70. The standard InChI is InChI=1S/C13H21NO2S/c1-2-3-4-5-9-12-14(17(15)16)13-10-7-6-8-11-13/h6-8,10-11,17H,2-5,9,12H2,1H3. The maximum absolute atomic E-state index is 11.2. The van der Waals surface area contributed by atoms with Crippen molar-refractivity contribution in [1.82, 2.24) is 0 Å². The smallest absolute Gasteiger partial charge is 0.225 e. The van der Waals surface area contributed by atoms with Crippen LogP contribution < -0.4 is 4.31 Å². The summed E-state index contributed by atoms with van der Waals surface area (Å²) in [6.07, 6.45) is 5.65. The lowest BCUT2D eigenvalue weighted by Gasteiger charge is -2.17. The van der Waals surface area contributed by atoms with E-state index in [9.17, 15) is 8.42 Å². The minimum Gasteiger partial charge on any atom is -0.272 e. The Morgan fingerprint density at radius 3 is 2.24 bits per heavy atom. The molecule has 0 N–H and O–H groups in total. The fourth-order valence-corrected chi connectivity index (χ4v) is 2.40. The number of anilines is 1. The van der Waals surface area contributed by atoms with Gasteiger partial charge < -0.3 is 0 Å². The first kappa shape index (κ1) is 14.0. The molecule has 0 aromatic heterocycles. The molecule has 96 valence electrons. The van der Waals surface area contributed by atoms with Crippen molar-refractivity contribution in [1.29, 1.82) is 0 Å². The van der Waals surface area contributed by atoms with Gasteiger partial charge in [-0.15, -0.1) is 0 Å². The van der Waals surface area contributed by atoms with Gasteiger partial charge in [0.15, 0.2) is 0 Å². The van der Waals surface area contributed by atoms with Gasteiger partial charge in [-0.3, -0.25) is 4.31 Å². The SMILES string of the molecule is CCCCCCCN(c1ccccc1)[SH](=O)=O. The number of hydrogen-bond acceptors (Lipinski definition) is 2. The summed E-state index contributed by atoms with van der Waals surface area (Å²) < 4.78 is 23.8. The topological polar surface area (TPSA) is 37.4 Å². The lowest BCUT2D eigenvalue weighted by atomic mass is 10.1. The second-order valence-corrected chi connectivity index (χ2v) is 5.07. The van der Waals surface area contributed by atoms with Crippen LogP contribution in [0.5, 0.6) is 0 Å². The molecular weight excluding hydrogens is 234 g/mol. The molecule has 3 nitrogen and oxygen atoms in total. The van der Waals surface area contributed by atoms with E-state index in [0.717, 1.165) is 18.5 Å². The average Bonchev–Trinajstić information content (AvgIpc) is 2.34. The van der Waals surface area contributed by atoms with Gasteiger partial charge in [-0.05, 0) is 18.6 Å². The molecule has 17 heavy (non-hydrogen) atoms. The quantitative estimate of drug-likeness (QED) is 0.573. The molecule has 1 aromatic carbocycles. The molecule has 0 radical (unpaired) electrons. The molecule has 4 heteroatoms. The predicted molar refractivity (Wildman–Crippen MR) is 72.9 cm³/mol. The summed E-state index contributed by atoms with van der Waals surface area (Å²) in [6, 6.07) is 9.27. The molecule has 1 rings (SSSR count). The number of unbranched alkanes of at least 4 members (excludes halogenated alkanes) is 4. The van der Waals surface area contributed by atoms with Crippen molar-refractivity contribution in [3.05, 3.63) is 30.3 Å². The Labute approximate surface area is 106 Å². The molecule has 0 fully saturated rings. The van der Waals surface area contributed by atoms with Gasteiger partial charge in [0.2, 0.25) is 10.9 Å². The predicted octanol–water partition coefficient (Wildman–Crippen LogP) is 2.99. The van der Waals surface area contributed by atoms with Gasteiger partial charge >= 0.3 is 0 Å². The second-order valence-electron chi connectivity index (χ2n) is 4.11. The van der Waals surface area contributed by atoms with E-state index in [1.807, 2.05) is 30.3 Å². The molecular formula is C13H21NO2S. The second kappa shape index (κ2) is 8.12. The van der Waals surface area contributed by atoms with E-state index in [0.29, 0.717) is 6.54 Å². The highest BCUT2D eigenvalue weighted by Crippen LogP contribution is 2.14. The normalized spacial score (nSPS) is 10.7. The molecule has 0 aliphatic heterocycles. The van der Waals surface area contributed by atoms with Crippen molar-refractivity contribution in [2.24, 2.45) is 0 Å². The fourth-order valence-electron chi connectivity index (χ4n) is 1.77. The molecule has 0 amide bonds. The van der Waals surface area contributed by atoms with Gasteiger partial charge in [-0.2, -0.15) is 0 Å². The van der Waals surface area contributed by atoms with Crippen LogP contribution in [-0.2, 0) is 10.9 Å². The molecule has 0 spiro atoms. The summed E-state index contributed by atoms with van der Waals surface area (Å²) in [4.78, 5) is 0. The lowest BCUT2D eigenvalue weighted by molar-refractivity contribution is 0.600. The van der Waals surface area contributed by atoms with Gasteiger partial charge in [0.1, 0.15) is 0 Å². The van der Waals surface area contributed by atoms with Crippen molar-refractivity contribution in [3.63, 3.8) is 0 Å².